The summed E-state index contributed by atoms with van der Waals surface area (Å²) in [5, 5.41) is 8.98. The maximum atomic E-state index is 12.4. The molecule has 1 saturated carbocycles. The van der Waals surface area contributed by atoms with Crippen LogP contribution in [0.4, 0.5) is 17.1 Å². The van der Waals surface area contributed by atoms with Gasteiger partial charge in [0.2, 0.25) is 11.8 Å². The number of hydrogen-bond donors (Lipinski definition) is 3. The largest absolute Gasteiger partial charge is 0.374 e. The number of anilines is 3. The van der Waals surface area contributed by atoms with Gasteiger partial charge in [0, 0.05) is 21.8 Å². The molecule has 0 spiro atoms. The van der Waals surface area contributed by atoms with Crippen LogP contribution < -0.4 is 16.0 Å². The fourth-order valence-corrected chi connectivity index (χ4v) is 3.11. The highest BCUT2D eigenvalue weighted by atomic mass is 79.9. The summed E-state index contributed by atoms with van der Waals surface area (Å²) >= 11 is 3.46. The molecule has 136 valence electrons. The van der Waals surface area contributed by atoms with E-state index in [-0.39, 0.29) is 17.7 Å². The Kier molecular flexibility index (Phi) is 5.61. The van der Waals surface area contributed by atoms with Crippen LogP contribution >= 0.6 is 15.9 Å². The molecule has 0 aliphatic heterocycles. The summed E-state index contributed by atoms with van der Waals surface area (Å²) in [4.78, 5) is 24.2. The monoisotopic (exact) mass is 415 g/mol. The highest BCUT2D eigenvalue weighted by Crippen LogP contribution is 2.30. The Morgan fingerprint density at radius 3 is 2.31 bits per heavy atom. The molecule has 6 heteroatoms. The number of halogens is 1. The molecule has 1 fully saturated rings. The molecule has 2 amide bonds. The van der Waals surface area contributed by atoms with Crippen LogP contribution in [0, 0.1) is 12.8 Å². The Bertz CT molecular complexity index is 816. The molecule has 0 saturated heterocycles. The molecule has 2 aromatic rings. The smallest absolute Gasteiger partial charge is 0.246 e. The van der Waals surface area contributed by atoms with E-state index in [9.17, 15) is 9.59 Å². The summed E-state index contributed by atoms with van der Waals surface area (Å²) in [5.41, 5.74) is 3.45. The van der Waals surface area contributed by atoms with Crippen LogP contribution in [-0.4, -0.2) is 17.9 Å². The number of carbonyl (C=O) groups is 2. The van der Waals surface area contributed by atoms with Crippen LogP contribution in [0.25, 0.3) is 0 Å². The molecule has 0 unspecified atom stereocenters. The molecule has 0 radical (unpaired) electrons. The van der Waals surface area contributed by atoms with E-state index in [4.69, 9.17) is 0 Å². The van der Waals surface area contributed by atoms with Crippen LogP contribution in [0.1, 0.15) is 25.3 Å². The molecular formula is C20H22BrN3O2. The lowest BCUT2D eigenvalue weighted by molar-refractivity contribution is -0.117. The molecular weight excluding hydrogens is 394 g/mol. The number of hydrogen-bond acceptors (Lipinski definition) is 3. The first-order valence-electron chi connectivity index (χ1n) is 8.67. The predicted octanol–water partition coefficient (Wildman–Crippen LogP) is 4.55. The summed E-state index contributed by atoms with van der Waals surface area (Å²) < 4.78 is 0.855. The zero-order chi connectivity index (χ0) is 18.7. The number of nitrogens with one attached hydrogen (secondary N) is 3. The Labute approximate surface area is 161 Å². The first-order valence-corrected chi connectivity index (χ1v) is 9.46. The average molecular weight is 416 g/mol. The number of aryl methyl sites for hydroxylation is 1. The zero-order valence-corrected chi connectivity index (χ0v) is 16.4. The highest BCUT2D eigenvalue weighted by Gasteiger charge is 2.29. The SMILES string of the molecule is Cc1ccc(NC(=O)[C@H](C)Nc2ccc(NC(=O)C3CC3)cc2)c(Br)c1. The van der Waals surface area contributed by atoms with Gasteiger partial charge in [-0.05, 0) is 84.6 Å². The van der Waals surface area contributed by atoms with Crippen molar-refractivity contribution in [1.29, 1.82) is 0 Å². The van der Waals surface area contributed by atoms with E-state index in [2.05, 4.69) is 31.9 Å². The van der Waals surface area contributed by atoms with E-state index in [0.29, 0.717) is 0 Å². The first kappa shape index (κ1) is 18.5. The lowest BCUT2D eigenvalue weighted by Crippen LogP contribution is -2.32. The van der Waals surface area contributed by atoms with Gasteiger partial charge in [-0.2, -0.15) is 0 Å². The van der Waals surface area contributed by atoms with Crippen molar-refractivity contribution in [2.45, 2.75) is 32.7 Å². The van der Waals surface area contributed by atoms with Gasteiger partial charge in [-0.25, -0.2) is 0 Å². The number of benzene rings is 2. The van der Waals surface area contributed by atoms with E-state index in [1.54, 1.807) is 6.92 Å². The summed E-state index contributed by atoms with van der Waals surface area (Å²) in [7, 11) is 0. The summed E-state index contributed by atoms with van der Waals surface area (Å²) in [6.45, 7) is 3.80. The molecule has 1 aliphatic carbocycles. The minimum Gasteiger partial charge on any atom is -0.374 e. The molecule has 0 aromatic heterocycles. The first-order chi connectivity index (χ1) is 12.4. The Morgan fingerprint density at radius 1 is 1.04 bits per heavy atom. The van der Waals surface area contributed by atoms with Crippen LogP contribution in [0.3, 0.4) is 0 Å². The second kappa shape index (κ2) is 7.91. The third-order valence-electron chi connectivity index (χ3n) is 4.26. The maximum Gasteiger partial charge on any atom is 0.246 e. The summed E-state index contributed by atoms with van der Waals surface area (Å²) in [6.07, 6.45) is 1.96. The standard InChI is InChI=1S/C20H22BrN3O2/c1-12-3-10-18(17(21)11-12)24-19(25)13(2)22-15-6-8-16(9-7-15)23-20(26)14-4-5-14/h3,6-11,13-14,22H,4-5H2,1-2H3,(H,23,26)(H,24,25)/t13-/m0/s1. The Balaban J connectivity index is 1.55. The van der Waals surface area contributed by atoms with Crippen molar-refractivity contribution in [3.63, 3.8) is 0 Å². The van der Waals surface area contributed by atoms with Gasteiger partial charge in [0.15, 0.2) is 0 Å². The van der Waals surface area contributed by atoms with Crippen LogP contribution in [0.15, 0.2) is 46.9 Å². The molecule has 0 heterocycles. The van der Waals surface area contributed by atoms with Crippen molar-refractivity contribution in [3.05, 3.63) is 52.5 Å². The van der Waals surface area contributed by atoms with Gasteiger partial charge in [0.1, 0.15) is 6.04 Å². The van der Waals surface area contributed by atoms with Crippen molar-refractivity contribution in [1.82, 2.24) is 0 Å². The van der Waals surface area contributed by atoms with Gasteiger partial charge in [0.05, 0.1) is 5.69 Å². The summed E-state index contributed by atoms with van der Waals surface area (Å²) in [6, 6.07) is 12.8. The van der Waals surface area contributed by atoms with Crippen LogP contribution in [-0.2, 0) is 9.59 Å². The zero-order valence-electron chi connectivity index (χ0n) is 14.8. The highest BCUT2D eigenvalue weighted by molar-refractivity contribution is 9.10. The number of carbonyl (C=O) groups excluding carboxylic acids is 2. The van der Waals surface area contributed by atoms with Gasteiger partial charge in [-0.15, -0.1) is 0 Å². The Morgan fingerprint density at radius 2 is 1.69 bits per heavy atom. The molecule has 3 N–H and O–H groups in total. The van der Waals surface area contributed by atoms with Crippen molar-refractivity contribution in [2.75, 3.05) is 16.0 Å². The predicted molar refractivity (Wildman–Crippen MR) is 108 cm³/mol. The van der Waals surface area contributed by atoms with Crippen molar-refractivity contribution in [2.24, 2.45) is 5.92 Å². The molecule has 26 heavy (non-hydrogen) atoms. The average Bonchev–Trinajstić information content (AvgIpc) is 3.44. The minimum absolute atomic E-state index is 0.0853. The molecule has 3 rings (SSSR count). The third-order valence-corrected chi connectivity index (χ3v) is 4.92. The van der Waals surface area contributed by atoms with Crippen molar-refractivity contribution < 1.29 is 9.59 Å². The van der Waals surface area contributed by atoms with Crippen molar-refractivity contribution in [3.8, 4) is 0 Å². The lowest BCUT2D eigenvalue weighted by atomic mass is 10.2. The second-order valence-electron chi connectivity index (χ2n) is 6.68. The van der Waals surface area contributed by atoms with Gasteiger partial charge in [0.25, 0.3) is 0 Å². The maximum absolute atomic E-state index is 12.4. The molecule has 5 nitrogen and oxygen atoms in total. The third kappa shape index (κ3) is 4.85. The summed E-state index contributed by atoms with van der Waals surface area (Å²) in [5.74, 6) is 0.139. The van der Waals surface area contributed by atoms with Crippen LogP contribution in [0.5, 0.6) is 0 Å². The topological polar surface area (TPSA) is 70.2 Å². The van der Waals surface area contributed by atoms with Crippen LogP contribution in [0.2, 0.25) is 0 Å². The quantitative estimate of drug-likeness (QED) is 0.648. The van der Waals surface area contributed by atoms with E-state index < -0.39 is 6.04 Å². The normalized spacial score (nSPS) is 14.4. The van der Waals surface area contributed by atoms with Gasteiger partial charge < -0.3 is 16.0 Å². The second-order valence-corrected chi connectivity index (χ2v) is 7.53. The van der Waals surface area contributed by atoms with Crippen molar-refractivity contribution >= 4 is 44.8 Å². The molecule has 1 atom stereocenters. The Hall–Kier alpha value is -2.34. The molecule has 2 aromatic carbocycles. The van der Waals surface area contributed by atoms with E-state index >= 15 is 0 Å². The number of rotatable bonds is 6. The van der Waals surface area contributed by atoms with Gasteiger partial charge in [-0.1, -0.05) is 6.07 Å². The number of amides is 2. The lowest BCUT2D eigenvalue weighted by Gasteiger charge is -2.16. The van der Waals surface area contributed by atoms with Gasteiger partial charge in [-0.3, -0.25) is 9.59 Å². The van der Waals surface area contributed by atoms with Gasteiger partial charge >= 0.3 is 0 Å². The van der Waals surface area contributed by atoms with E-state index in [1.807, 2.05) is 49.4 Å². The fourth-order valence-electron chi connectivity index (χ4n) is 2.52. The van der Waals surface area contributed by atoms with E-state index in [1.165, 1.54) is 0 Å². The van der Waals surface area contributed by atoms with E-state index in [0.717, 1.165) is 39.9 Å². The molecule has 0 bridgehead atoms. The molecule has 1 aliphatic rings. The fraction of sp³-hybridized carbons (Fsp3) is 0.300. The minimum atomic E-state index is -0.407.